The van der Waals surface area contributed by atoms with E-state index in [9.17, 15) is 0 Å². The average Bonchev–Trinajstić information content (AvgIpc) is 4.18. The summed E-state index contributed by atoms with van der Waals surface area (Å²) in [6.45, 7) is 26.6. The lowest BCUT2D eigenvalue weighted by Gasteiger charge is -2.38. The molecule has 6 heterocycles. The van der Waals surface area contributed by atoms with Crippen LogP contribution in [0.5, 0.6) is 0 Å². The summed E-state index contributed by atoms with van der Waals surface area (Å²) >= 11 is 0. The normalized spacial score (nSPS) is 19.5. The first kappa shape index (κ1) is 49.3. The van der Waals surface area contributed by atoms with Crippen molar-refractivity contribution in [3.05, 3.63) is 106 Å². The summed E-state index contributed by atoms with van der Waals surface area (Å²) in [4.78, 5) is 57.5. The van der Waals surface area contributed by atoms with E-state index in [1.165, 1.54) is 95.6 Å². The second-order valence-electron chi connectivity index (χ2n) is 19.4. The van der Waals surface area contributed by atoms with Crippen LogP contribution in [0.1, 0.15) is 82.6 Å². The summed E-state index contributed by atoms with van der Waals surface area (Å²) in [5, 5.41) is 0. The summed E-state index contributed by atoms with van der Waals surface area (Å²) in [7, 11) is 0. The van der Waals surface area contributed by atoms with Crippen molar-refractivity contribution in [3.8, 4) is 22.5 Å². The molecular weight excluding hydrogens is 837 g/mol. The van der Waals surface area contributed by atoms with E-state index in [1.807, 2.05) is 12.4 Å². The monoisotopic (exact) mass is 907 g/mol. The SMILES string of the molecule is CC(C)N1CCN(c2ccc(-c3nccc4c3C=C(CN3CCCC3)C4)cc2)CC1.CC(C)N1CCN(c2ccc(-c3nccc4c3C=C(CN3CCC[C@@H]3C)C4)cc2)CC1.O=C=O.O=C=O. The van der Waals surface area contributed by atoms with Crippen LogP contribution < -0.4 is 9.80 Å². The molecule has 4 aliphatic heterocycles. The molecule has 6 aliphatic rings. The molecule has 67 heavy (non-hydrogen) atoms. The Balaban J connectivity index is 0.000000178. The molecule has 0 amide bonds. The van der Waals surface area contributed by atoms with Gasteiger partial charge in [-0.25, -0.2) is 0 Å². The minimum atomic E-state index is 0.250. The van der Waals surface area contributed by atoms with E-state index in [-0.39, 0.29) is 12.3 Å². The number of hydrogen-bond donors (Lipinski definition) is 0. The predicted octanol–water partition coefficient (Wildman–Crippen LogP) is 7.85. The number of hydrogen-bond acceptors (Lipinski definition) is 12. The van der Waals surface area contributed by atoms with E-state index < -0.39 is 0 Å². The highest BCUT2D eigenvalue weighted by molar-refractivity contribution is 5.80. The summed E-state index contributed by atoms with van der Waals surface area (Å²) in [6, 6.07) is 24.6. The molecular formula is C55H70N8O4. The Hall–Kier alpha value is -5.58. The fourth-order valence-corrected chi connectivity index (χ4v) is 10.7. The van der Waals surface area contributed by atoms with E-state index in [2.05, 4.69) is 137 Å². The number of fused-ring (bicyclic) bond motifs is 2. The van der Waals surface area contributed by atoms with Crippen LogP contribution in [0.2, 0.25) is 0 Å². The second-order valence-corrected chi connectivity index (χ2v) is 19.4. The van der Waals surface area contributed by atoms with E-state index in [0.717, 1.165) is 95.7 Å². The van der Waals surface area contributed by atoms with Gasteiger partial charge in [-0.1, -0.05) is 47.6 Å². The van der Waals surface area contributed by atoms with Gasteiger partial charge < -0.3 is 9.80 Å². The van der Waals surface area contributed by atoms with Gasteiger partial charge in [-0.3, -0.25) is 29.6 Å². The molecule has 2 aliphatic carbocycles. The van der Waals surface area contributed by atoms with Gasteiger partial charge in [-0.2, -0.15) is 19.2 Å². The van der Waals surface area contributed by atoms with Crippen LogP contribution in [0.15, 0.2) is 84.2 Å². The molecule has 0 radical (unpaired) electrons. The van der Waals surface area contributed by atoms with E-state index in [4.69, 9.17) is 29.1 Å². The lowest BCUT2D eigenvalue weighted by Crippen LogP contribution is -2.48. The number of piperazine rings is 2. The molecule has 2 aromatic carbocycles. The first-order chi connectivity index (χ1) is 32.6. The van der Waals surface area contributed by atoms with E-state index >= 15 is 0 Å². The average molecular weight is 907 g/mol. The zero-order valence-electron chi connectivity index (χ0n) is 40.5. The number of rotatable bonds is 10. The lowest BCUT2D eigenvalue weighted by molar-refractivity contribution is -0.193. The fraction of sp³-hybridized carbons (Fsp3) is 0.491. The highest BCUT2D eigenvalue weighted by Crippen LogP contribution is 2.36. The Morgan fingerprint density at radius 2 is 0.955 bits per heavy atom. The molecule has 0 unspecified atom stereocenters. The standard InChI is InChI=1S/C27H36N4.C26H34N4.2CO2/c1-20(2)29-13-15-30(16-14-29)25-8-6-23(7-9-25)27-26-18-22(17-24(26)10-11-28-27)19-31-12-4-5-21(31)3;1-20(2)29-13-15-30(16-14-29)24-7-5-22(6-8-24)26-25-18-21(17-23(25)9-10-27-26)19-28-11-3-4-12-28;2*2-1-3/h6-11,18,20-21H,4-5,12-17,19H2,1-3H3;5-10,18,20H,3-4,11-17,19H2,1-2H3;;/t21-;;;/m0.../s1. The zero-order valence-corrected chi connectivity index (χ0v) is 40.5. The van der Waals surface area contributed by atoms with Crippen molar-refractivity contribution < 1.29 is 19.2 Å². The maximum absolute atomic E-state index is 8.12. The Bertz CT molecular complexity index is 2350. The van der Waals surface area contributed by atoms with Gasteiger partial charge in [0.1, 0.15) is 0 Å². The van der Waals surface area contributed by atoms with Crippen molar-refractivity contribution in [1.29, 1.82) is 0 Å². The summed E-state index contributed by atoms with van der Waals surface area (Å²) in [5.74, 6) is 0. The maximum Gasteiger partial charge on any atom is 0.373 e. The third-order valence-corrected chi connectivity index (χ3v) is 14.5. The van der Waals surface area contributed by atoms with Crippen LogP contribution in [-0.2, 0) is 32.0 Å². The summed E-state index contributed by atoms with van der Waals surface area (Å²) in [6.07, 6.45) is 16.8. The third kappa shape index (κ3) is 12.7. The Kier molecular flexibility index (Phi) is 17.6. The van der Waals surface area contributed by atoms with Crippen LogP contribution in [-0.4, -0.2) is 145 Å². The molecule has 12 nitrogen and oxygen atoms in total. The van der Waals surface area contributed by atoms with Crippen molar-refractivity contribution in [2.24, 2.45) is 0 Å². The largest absolute Gasteiger partial charge is 0.373 e. The smallest absolute Gasteiger partial charge is 0.369 e. The first-order valence-electron chi connectivity index (χ1n) is 24.6. The van der Waals surface area contributed by atoms with Crippen LogP contribution >= 0.6 is 0 Å². The van der Waals surface area contributed by atoms with Crippen molar-refractivity contribution in [2.75, 3.05) is 94.9 Å². The Labute approximate surface area is 398 Å². The summed E-state index contributed by atoms with van der Waals surface area (Å²) < 4.78 is 0. The van der Waals surface area contributed by atoms with Gasteiger partial charge in [0.2, 0.25) is 0 Å². The van der Waals surface area contributed by atoms with Crippen molar-refractivity contribution in [1.82, 2.24) is 29.6 Å². The molecule has 4 aromatic rings. The van der Waals surface area contributed by atoms with E-state index in [0.29, 0.717) is 12.1 Å². The van der Waals surface area contributed by atoms with Crippen molar-refractivity contribution >= 4 is 35.8 Å². The van der Waals surface area contributed by atoms with Crippen molar-refractivity contribution in [3.63, 3.8) is 0 Å². The Morgan fingerprint density at radius 3 is 1.34 bits per heavy atom. The molecule has 0 spiro atoms. The zero-order chi connectivity index (χ0) is 47.3. The van der Waals surface area contributed by atoms with Gasteiger partial charge in [-0.15, -0.1) is 0 Å². The van der Waals surface area contributed by atoms with Gasteiger partial charge in [0.25, 0.3) is 0 Å². The van der Waals surface area contributed by atoms with Crippen LogP contribution in [0.4, 0.5) is 11.4 Å². The highest BCUT2D eigenvalue weighted by atomic mass is 16.2. The number of aromatic nitrogens is 2. The molecule has 10 rings (SSSR count). The molecule has 12 heteroatoms. The van der Waals surface area contributed by atoms with Crippen molar-refractivity contribution in [2.45, 2.75) is 91.3 Å². The van der Waals surface area contributed by atoms with Gasteiger partial charge in [-0.05, 0) is 140 Å². The predicted molar refractivity (Wildman–Crippen MR) is 267 cm³/mol. The Morgan fingerprint density at radius 1 is 0.537 bits per heavy atom. The molecule has 1 atom stereocenters. The van der Waals surface area contributed by atoms with Gasteiger partial charge in [0.05, 0.1) is 11.4 Å². The number of likely N-dealkylation sites (tertiary alicyclic amines) is 2. The molecule has 4 fully saturated rings. The number of carbonyl (C=O) groups excluding carboxylic acids is 4. The molecule has 0 bridgehead atoms. The molecule has 4 saturated heterocycles. The minimum Gasteiger partial charge on any atom is -0.369 e. The second kappa shape index (κ2) is 23.9. The number of pyridine rings is 2. The van der Waals surface area contributed by atoms with E-state index in [1.54, 1.807) is 5.57 Å². The highest BCUT2D eigenvalue weighted by Gasteiger charge is 2.26. The topological polar surface area (TPSA) is 114 Å². The number of benzene rings is 2. The molecule has 0 saturated carbocycles. The number of anilines is 2. The van der Waals surface area contributed by atoms with Gasteiger partial charge >= 0.3 is 12.3 Å². The summed E-state index contributed by atoms with van der Waals surface area (Å²) in [5.41, 5.74) is 16.0. The quantitative estimate of drug-likeness (QED) is 0.155. The molecule has 0 N–H and O–H groups in total. The molecule has 354 valence electrons. The maximum atomic E-state index is 8.12. The van der Waals surface area contributed by atoms with Crippen LogP contribution in [0.3, 0.4) is 0 Å². The fourth-order valence-electron chi connectivity index (χ4n) is 10.7. The first-order valence-corrected chi connectivity index (χ1v) is 24.6. The molecule has 2 aromatic heterocycles. The van der Waals surface area contributed by atoms with Gasteiger partial charge in [0, 0.05) is 130 Å². The number of nitrogens with zero attached hydrogens (tertiary/aromatic N) is 8. The van der Waals surface area contributed by atoms with Gasteiger partial charge in [0.15, 0.2) is 0 Å². The van der Waals surface area contributed by atoms with Crippen LogP contribution in [0, 0.1) is 0 Å². The van der Waals surface area contributed by atoms with Crippen LogP contribution in [0.25, 0.3) is 34.7 Å². The minimum absolute atomic E-state index is 0.250. The third-order valence-electron chi connectivity index (χ3n) is 14.5. The lowest BCUT2D eigenvalue weighted by atomic mass is 10.0.